The molecule has 4 aromatic rings. The molecule has 0 spiro atoms. The molecule has 11 heteroatoms. The number of aliphatic carboxylic acids is 1. The van der Waals surface area contributed by atoms with Crippen LogP contribution in [0.2, 0.25) is 0 Å². The predicted molar refractivity (Wildman–Crippen MR) is 144 cm³/mol. The number of amides is 1. The maximum Gasteiger partial charge on any atom is 0.416 e. The van der Waals surface area contributed by atoms with Gasteiger partial charge in [-0.05, 0) is 53.6 Å². The van der Waals surface area contributed by atoms with Crippen molar-refractivity contribution in [3.63, 3.8) is 0 Å². The molecular formula is C30H23F3N2O6. The molecule has 0 aliphatic carbocycles. The zero-order chi connectivity index (χ0) is 29.7. The Labute approximate surface area is 231 Å². The number of pyridine rings is 1. The van der Waals surface area contributed by atoms with Gasteiger partial charge in [-0.25, -0.2) is 9.59 Å². The fourth-order valence-corrected chi connectivity index (χ4v) is 4.14. The minimum atomic E-state index is -4.59. The van der Waals surface area contributed by atoms with Crippen LogP contribution in [-0.4, -0.2) is 34.6 Å². The molecule has 0 saturated heterocycles. The van der Waals surface area contributed by atoms with E-state index in [-0.39, 0.29) is 23.2 Å². The van der Waals surface area contributed by atoms with Crippen LogP contribution in [0, 0.1) is 0 Å². The first-order valence-electron chi connectivity index (χ1n) is 12.2. The molecule has 4 rings (SSSR count). The first-order chi connectivity index (χ1) is 19.5. The number of halogens is 3. The highest BCUT2D eigenvalue weighted by molar-refractivity contribution is 6.04. The Morgan fingerprint density at radius 3 is 2.07 bits per heavy atom. The molecule has 210 valence electrons. The molecule has 0 aliphatic rings. The third-order valence-corrected chi connectivity index (χ3v) is 6.30. The van der Waals surface area contributed by atoms with Crippen molar-refractivity contribution in [2.24, 2.45) is 0 Å². The van der Waals surface area contributed by atoms with Gasteiger partial charge in [0.15, 0.2) is 0 Å². The van der Waals surface area contributed by atoms with Crippen molar-refractivity contribution in [2.45, 2.75) is 18.6 Å². The van der Waals surface area contributed by atoms with Crippen molar-refractivity contribution in [3.05, 3.63) is 124 Å². The van der Waals surface area contributed by atoms with Crippen LogP contribution in [0.15, 0.2) is 95.9 Å². The molecule has 0 aliphatic heterocycles. The lowest BCUT2D eigenvalue weighted by atomic mass is 10.0. The number of carbonyl (C=O) groups excluding carboxylic acids is 2. The number of carboxylic acids is 1. The maximum absolute atomic E-state index is 13.5. The largest absolute Gasteiger partial charge is 0.480 e. The molecule has 41 heavy (non-hydrogen) atoms. The lowest BCUT2D eigenvalue weighted by Crippen LogP contribution is -2.33. The van der Waals surface area contributed by atoms with E-state index in [0.29, 0.717) is 16.7 Å². The number of nitrogens with zero attached hydrogens (tertiary/aromatic N) is 1. The molecule has 1 unspecified atom stereocenters. The van der Waals surface area contributed by atoms with Crippen molar-refractivity contribution in [2.75, 3.05) is 12.4 Å². The van der Waals surface area contributed by atoms with E-state index in [2.05, 4.69) is 5.32 Å². The molecule has 2 N–H and O–H groups in total. The molecule has 1 aromatic heterocycles. The van der Waals surface area contributed by atoms with Gasteiger partial charge in [0, 0.05) is 23.7 Å². The molecule has 8 nitrogen and oxygen atoms in total. The summed E-state index contributed by atoms with van der Waals surface area (Å²) < 4.78 is 44.5. The number of esters is 1. The van der Waals surface area contributed by atoms with Crippen LogP contribution in [0.1, 0.15) is 37.9 Å². The Kier molecular flexibility index (Phi) is 8.37. The number of methoxy groups -OCH3 is 1. The summed E-state index contributed by atoms with van der Waals surface area (Å²) in [5, 5.41) is 12.5. The van der Waals surface area contributed by atoms with Gasteiger partial charge in [0.25, 0.3) is 11.5 Å². The fourth-order valence-electron chi connectivity index (χ4n) is 4.14. The number of ether oxygens (including phenoxy) is 1. The van der Waals surface area contributed by atoms with E-state index in [1.807, 2.05) is 0 Å². The van der Waals surface area contributed by atoms with Crippen molar-refractivity contribution >= 4 is 23.5 Å². The molecule has 0 bridgehead atoms. The van der Waals surface area contributed by atoms with Gasteiger partial charge in [-0.2, -0.15) is 13.2 Å². The standard InChI is InChI=1S/C30H23F3N2O6/c1-41-29(40)21-9-7-19(8-10-21)22-16-24(34-26(36)20-11-13-23(14-12-20)30(31,32)33)27(37)35(17-22)25(28(38)39)15-18-5-3-2-4-6-18/h2-14,16-17,25H,15H2,1H3,(H,34,36)(H,38,39). The summed E-state index contributed by atoms with van der Waals surface area (Å²) >= 11 is 0. The number of nitrogens with one attached hydrogen (secondary N) is 1. The van der Waals surface area contributed by atoms with E-state index in [4.69, 9.17) is 4.74 Å². The molecular weight excluding hydrogens is 541 g/mol. The van der Waals surface area contributed by atoms with Crippen molar-refractivity contribution < 1.29 is 37.4 Å². The minimum absolute atomic E-state index is 0.0485. The summed E-state index contributed by atoms with van der Waals surface area (Å²) in [4.78, 5) is 50.6. The quantitative estimate of drug-likeness (QED) is 0.276. The highest BCUT2D eigenvalue weighted by Gasteiger charge is 2.30. The average molecular weight is 565 g/mol. The molecule has 0 radical (unpaired) electrons. The smallest absolute Gasteiger partial charge is 0.416 e. The summed E-state index contributed by atoms with van der Waals surface area (Å²) in [5.41, 5.74) is -0.478. The third-order valence-electron chi connectivity index (χ3n) is 6.30. The van der Waals surface area contributed by atoms with Crippen LogP contribution < -0.4 is 10.9 Å². The Hall–Kier alpha value is -5.19. The summed E-state index contributed by atoms with van der Waals surface area (Å²) in [6.45, 7) is 0. The van der Waals surface area contributed by atoms with Crippen LogP contribution >= 0.6 is 0 Å². The molecule has 0 fully saturated rings. The number of hydrogen-bond donors (Lipinski definition) is 2. The molecule has 1 atom stereocenters. The normalized spacial score (nSPS) is 11.9. The summed E-state index contributed by atoms with van der Waals surface area (Å²) in [5.74, 6) is -2.73. The van der Waals surface area contributed by atoms with Crippen LogP contribution in [0.25, 0.3) is 11.1 Å². The number of carboxylic acid groups (broad SMARTS) is 1. The average Bonchev–Trinajstić information content (AvgIpc) is 2.96. The van der Waals surface area contributed by atoms with Crippen molar-refractivity contribution in [1.29, 1.82) is 0 Å². The number of carbonyl (C=O) groups is 3. The second-order valence-electron chi connectivity index (χ2n) is 9.00. The Morgan fingerprint density at radius 1 is 0.902 bits per heavy atom. The number of alkyl halides is 3. The van der Waals surface area contributed by atoms with Gasteiger partial charge in [-0.15, -0.1) is 0 Å². The molecule has 1 heterocycles. The van der Waals surface area contributed by atoms with Crippen molar-refractivity contribution in [1.82, 2.24) is 4.57 Å². The molecule has 0 saturated carbocycles. The number of benzene rings is 3. The zero-order valence-corrected chi connectivity index (χ0v) is 21.5. The topological polar surface area (TPSA) is 115 Å². The number of rotatable bonds is 8. The monoisotopic (exact) mass is 564 g/mol. The second-order valence-corrected chi connectivity index (χ2v) is 9.00. The third kappa shape index (κ3) is 6.70. The first kappa shape index (κ1) is 28.8. The minimum Gasteiger partial charge on any atom is -0.480 e. The van der Waals surface area contributed by atoms with Crippen LogP contribution in [-0.2, 0) is 22.1 Å². The molecule has 1 amide bonds. The van der Waals surface area contributed by atoms with Crippen LogP contribution in [0.4, 0.5) is 18.9 Å². The number of hydrogen-bond acceptors (Lipinski definition) is 5. The van der Waals surface area contributed by atoms with E-state index >= 15 is 0 Å². The Balaban J connectivity index is 1.78. The Morgan fingerprint density at radius 2 is 1.51 bits per heavy atom. The van der Waals surface area contributed by atoms with E-state index < -0.39 is 41.2 Å². The van der Waals surface area contributed by atoms with Gasteiger partial charge in [0.05, 0.1) is 18.2 Å². The Bertz CT molecular complexity index is 1630. The SMILES string of the molecule is COC(=O)c1ccc(-c2cc(NC(=O)c3ccc(C(F)(F)F)cc3)c(=O)n(C(Cc3ccccc3)C(=O)O)c2)cc1. The maximum atomic E-state index is 13.5. The van der Waals surface area contributed by atoms with E-state index in [1.54, 1.807) is 42.5 Å². The van der Waals surface area contributed by atoms with E-state index in [1.165, 1.54) is 31.5 Å². The highest BCUT2D eigenvalue weighted by Crippen LogP contribution is 2.29. The van der Waals surface area contributed by atoms with Crippen molar-refractivity contribution in [3.8, 4) is 11.1 Å². The summed E-state index contributed by atoms with van der Waals surface area (Å²) in [6, 6.07) is 18.1. The van der Waals surface area contributed by atoms with Crippen LogP contribution in [0.3, 0.4) is 0 Å². The number of aromatic nitrogens is 1. The van der Waals surface area contributed by atoms with E-state index in [0.717, 1.165) is 28.8 Å². The first-order valence-corrected chi connectivity index (χ1v) is 12.2. The van der Waals surface area contributed by atoms with Gasteiger partial charge in [-0.3, -0.25) is 14.2 Å². The van der Waals surface area contributed by atoms with Crippen LogP contribution in [0.5, 0.6) is 0 Å². The lowest BCUT2D eigenvalue weighted by molar-refractivity contribution is -0.141. The van der Waals surface area contributed by atoms with Gasteiger partial charge < -0.3 is 15.2 Å². The molecule has 3 aromatic carbocycles. The summed E-state index contributed by atoms with van der Waals surface area (Å²) in [7, 11) is 1.23. The van der Waals surface area contributed by atoms with Gasteiger partial charge in [-0.1, -0.05) is 42.5 Å². The van der Waals surface area contributed by atoms with E-state index in [9.17, 15) is 37.5 Å². The lowest BCUT2D eigenvalue weighted by Gasteiger charge is -2.19. The van der Waals surface area contributed by atoms with Gasteiger partial charge in [0.1, 0.15) is 11.7 Å². The second kappa shape index (κ2) is 11.9. The zero-order valence-electron chi connectivity index (χ0n) is 21.5. The number of anilines is 1. The van der Waals surface area contributed by atoms with Gasteiger partial charge in [0.2, 0.25) is 0 Å². The highest BCUT2D eigenvalue weighted by atomic mass is 19.4. The predicted octanol–water partition coefficient (Wildman–Crippen LogP) is 5.44. The van der Waals surface area contributed by atoms with Gasteiger partial charge >= 0.3 is 18.1 Å². The fraction of sp³-hybridized carbons (Fsp3) is 0.133. The summed E-state index contributed by atoms with van der Waals surface area (Å²) in [6.07, 6.45) is -3.30.